The van der Waals surface area contributed by atoms with Crippen molar-refractivity contribution in [1.29, 1.82) is 0 Å². The lowest BCUT2D eigenvalue weighted by Gasteiger charge is -2.31. The monoisotopic (exact) mass is 296 g/mol. The van der Waals surface area contributed by atoms with Gasteiger partial charge in [0.2, 0.25) is 0 Å². The van der Waals surface area contributed by atoms with Crippen molar-refractivity contribution in [3.63, 3.8) is 0 Å². The van der Waals surface area contributed by atoms with Gasteiger partial charge in [-0.1, -0.05) is 6.07 Å². The van der Waals surface area contributed by atoms with Crippen LogP contribution in [0.25, 0.3) is 0 Å². The van der Waals surface area contributed by atoms with Gasteiger partial charge < -0.3 is 20.1 Å². The number of carbonyl (C=O) groups excluding carboxylic acids is 1. The fourth-order valence-corrected chi connectivity index (χ4v) is 2.74. The first-order chi connectivity index (χ1) is 10.1. The van der Waals surface area contributed by atoms with Gasteiger partial charge in [-0.05, 0) is 49.5 Å². The van der Waals surface area contributed by atoms with Gasteiger partial charge in [0, 0.05) is 6.54 Å². The molecule has 1 fully saturated rings. The summed E-state index contributed by atoms with van der Waals surface area (Å²) in [5.74, 6) is 1.23. The first kappa shape index (κ1) is 15.6. The number of carbonyl (C=O) groups is 1. The molecule has 0 unspecified atom stereocenters. The number of nitrogens with zero attached hydrogens (tertiary/aromatic N) is 1. The minimum absolute atomic E-state index is 0.294. The number of benzene rings is 1. The second-order valence-electron chi connectivity index (χ2n) is 5.14. The number of hydrogen-bond donors (Lipinski definition) is 1. The number of hydrogen-bond acceptors (Lipinski definition) is 4. The maximum atomic E-state index is 12.3. The molecular formula is C15H21FN2O3. The topological polar surface area (TPSA) is 64.8 Å². The van der Waals surface area contributed by atoms with Crippen molar-refractivity contribution in [1.82, 2.24) is 4.90 Å². The van der Waals surface area contributed by atoms with E-state index >= 15 is 0 Å². The first-order valence-electron chi connectivity index (χ1n) is 7.07. The lowest BCUT2D eigenvalue weighted by atomic mass is 9.89. The lowest BCUT2D eigenvalue weighted by Crippen LogP contribution is -2.34. The molecule has 0 aliphatic carbocycles. The third-order valence-corrected chi connectivity index (χ3v) is 3.86. The molecule has 116 valence electrons. The molecule has 1 aliphatic heterocycles. The van der Waals surface area contributed by atoms with Crippen LogP contribution in [-0.2, 0) is 0 Å². The van der Waals surface area contributed by atoms with Crippen LogP contribution in [0.5, 0.6) is 11.5 Å². The van der Waals surface area contributed by atoms with Crippen LogP contribution in [0.1, 0.15) is 24.3 Å². The zero-order chi connectivity index (χ0) is 15.2. The van der Waals surface area contributed by atoms with Crippen LogP contribution in [0.3, 0.4) is 0 Å². The average Bonchev–Trinajstić information content (AvgIpc) is 2.48. The highest BCUT2D eigenvalue weighted by Gasteiger charge is 2.21. The van der Waals surface area contributed by atoms with Gasteiger partial charge in [-0.2, -0.15) is 0 Å². The van der Waals surface area contributed by atoms with Gasteiger partial charge in [0.1, 0.15) is 6.67 Å². The largest absolute Gasteiger partial charge is 0.493 e. The van der Waals surface area contributed by atoms with Gasteiger partial charge in [-0.15, -0.1) is 0 Å². The van der Waals surface area contributed by atoms with E-state index in [1.807, 2.05) is 12.1 Å². The van der Waals surface area contributed by atoms with Gasteiger partial charge in [0.15, 0.2) is 11.5 Å². The molecule has 1 aromatic rings. The smallest absolute Gasteiger partial charge is 0.410 e. The fourth-order valence-electron chi connectivity index (χ4n) is 2.74. The molecule has 0 saturated carbocycles. The van der Waals surface area contributed by atoms with Crippen LogP contribution in [0.4, 0.5) is 9.18 Å². The Morgan fingerprint density at radius 3 is 2.67 bits per heavy atom. The number of halogens is 1. The number of methoxy groups -OCH3 is 1. The number of rotatable bonds is 5. The van der Waals surface area contributed by atoms with Crippen molar-refractivity contribution in [2.75, 3.05) is 33.4 Å². The van der Waals surface area contributed by atoms with Crippen molar-refractivity contribution in [2.45, 2.75) is 18.8 Å². The van der Waals surface area contributed by atoms with Crippen LogP contribution in [0.2, 0.25) is 0 Å². The van der Waals surface area contributed by atoms with E-state index in [0.717, 1.165) is 31.5 Å². The minimum atomic E-state index is -0.861. The van der Waals surface area contributed by atoms with Crippen LogP contribution >= 0.6 is 0 Å². The maximum absolute atomic E-state index is 12.3. The Hall–Kier alpha value is -1.82. The second-order valence-corrected chi connectivity index (χ2v) is 5.14. The van der Waals surface area contributed by atoms with E-state index < -0.39 is 6.09 Å². The molecule has 0 atom stereocenters. The van der Waals surface area contributed by atoms with Gasteiger partial charge in [0.25, 0.3) is 0 Å². The van der Waals surface area contributed by atoms with Crippen molar-refractivity contribution >= 4 is 6.09 Å². The highest BCUT2D eigenvalue weighted by Crippen LogP contribution is 2.34. The molecule has 1 amide bonds. The number of likely N-dealkylation sites (tertiary alicyclic amines) is 1. The van der Waals surface area contributed by atoms with E-state index in [4.69, 9.17) is 15.2 Å². The van der Waals surface area contributed by atoms with Crippen LogP contribution in [-0.4, -0.2) is 44.4 Å². The molecular weight excluding hydrogens is 275 g/mol. The SMILES string of the molecule is COc1cc(C2CCN(CCF)CC2)ccc1OC(N)=O. The third kappa shape index (κ3) is 4.07. The molecule has 5 nitrogen and oxygen atoms in total. The summed E-state index contributed by atoms with van der Waals surface area (Å²) in [4.78, 5) is 13.0. The van der Waals surface area contributed by atoms with Crippen LogP contribution < -0.4 is 15.2 Å². The Kier molecular flexibility index (Phi) is 5.38. The molecule has 0 bridgehead atoms. The summed E-state index contributed by atoms with van der Waals surface area (Å²) in [6.45, 7) is 2.02. The summed E-state index contributed by atoms with van der Waals surface area (Å²) in [5, 5.41) is 0. The van der Waals surface area contributed by atoms with Gasteiger partial charge >= 0.3 is 6.09 Å². The van der Waals surface area contributed by atoms with E-state index in [9.17, 15) is 9.18 Å². The van der Waals surface area contributed by atoms with E-state index in [-0.39, 0.29) is 6.67 Å². The normalized spacial score (nSPS) is 16.7. The summed E-state index contributed by atoms with van der Waals surface area (Å²) in [6, 6.07) is 5.51. The Labute approximate surface area is 123 Å². The maximum Gasteiger partial charge on any atom is 0.410 e. The summed E-state index contributed by atoms with van der Waals surface area (Å²) < 4.78 is 22.5. The Morgan fingerprint density at radius 2 is 2.10 bits per heavy atom. The van der Waals surface area contributed by atoms with E-state index in [2.05, 4.69) is 4.90 Å². The Bertz CT molecular complexity index is 488. The lowest BCUT2D eigenvalue weighted by molar-refractivity contribution is 0.196. The average molecular weight is 296 g/mol. The summed E-state index contributed by atoms with van der Waals surface area (Å²) in [5.41, 5.74) is 6.16. The highest BCUT2D eigenvalue weighted by molar-refractivity contribution is 5.69. The predicted octanol–water partition coefficient (Wildman–Crippen LogP) is 2.30. The molecule has 1 aliphatic rings. The Morgan fingerprint density at radius 1 is 1.38 bits per heavy atom. The number of alkyl halides is 1. The molecule has 2 rings (SSSR count). The molecule has 0 aromatic heterocycles. The van der Waals surface area contributed by atoms with Crippen molar-refractivity contribution in [3.05, 3.63) is 23.8 Å². The summed E-state index contributed by atoms with van der Waals surface area (Å²) in [7, 11) is 1.52. The standard InChI is InChI=1S/C15H21FN2O3/c1-20-14-10-12(2-3-13(14)21-15(17)19)11-4-7-18(8-5-11)9-6-16/h2-3,10-11H,4-9H2,1H3,(H2,17,19). The van der Waals surface area contributed by atoms with Crippen molar-refractivity contribution < 1.29 is 18.7 Å². The molecule has 1 heterocycles. The molecule has 2 N–H and O–H groups in total. The fraction of sp³-hybridized carbons (Fsp3) is 0.533. The van der Waals surface area contributed by atoms with Crippen LogP contribution in [0, 0.1) is 0 Å². The quantitative estimate of drug-likeness (QED) is 0.905. The minimum Gasteiger partial charge on any atom is -0.493 e. The zero-order valence-electron chi connectivity index (χ0n) is 12.2. The number of piperidine rings is 1. The summed E-state index contributed by atoms with van der Waals surface area (Å²) >= 11 is 0. The van der Waals surface area contributed by atoms with E-state index in [1.165, 1.54) is 7.11 Å². The molecule has 0 radical (unpaired) electrons. The van der Waals surface area contributed by atoms with Crippen molar-refractivity contribution in [2.24, 2.45) is 5.73 Å². The van der Waals surface area contributed by atoms with Crippen LogP contribution in [0.15, 0.2) is 18.2 Å². The summed E-state index contributed by atoms with van der Waals surface area (Å²) in [6.07, 6.45) is 1.11. The van der Waals surface area contributed by atoms with Gasteiger partial charge in [0.05, 0.1) is 7.11 Å². The molecule has 1 aromatic carbocycles. The van der Waals surface area contributed by atoms with Gasteiger partial charge in [-0.25, -0.2) is 9.18 Å². The third-order valence-electron chi connectivity index (χ3n) is 3.86. The van der Waals surface area contributed by atoms with Crippen molar-refractivity contribution in [3.8, 4) is 11.5 Å². The molecule has 1 saturated heterocycles. The molecule has 21 heavy (non-hydrogen) atoms. The van der Waals surface area contributed by atoms with E-state index in [0.29, 0.717) is 24.0 Å². The first-order valence-corrected chi connectivity index (χ1v) is 7.07. The zero-order valence-corrected chi connectivity index (χ0v) is 12.2. The van der Waals surface area contributed by atoms with E-state index in [1.54, 1.807) is 6.07 Å². The molecule has 6 heteroatoms. The Balaban J connectivity index is 2.06. The molecule has 0 spiro atoms. The second kappa shape index (κ2) is 7.26. The predicted molar refractivity (Wildman–Crippen MR) is 77.6 cm³/mol. The van der Waals surface area contributed by atoms with Gasteiger partial charge in [-0.3, -0.25) is 0 Å². The highest BCUT2D eigenvalue weighted by atomic mass is 19.1. The number of ether oxygens (including phenoxy) is 2. The number of primary amides is 1. The number of nitrogens with two attached hydrogens (primary N) is 1. The number of amides is 1.